The molecule has 3 aliphatic rings. The summed E-state index contributed by atoms with van der Waals surface area (Å²) < 4.78 is 34.3. The number of hydroxylamine groups is 1. The molecular formula is C31H38F2N6O2. The van der Waals surface area contributed by atoms with Gasteiger partial charge in [-0.3, -0.25) is 9.74 Å². The number of benzene rings is 2. The third kappa shape index (κ3) is 5.95. The zero-order valence-corrected chi connectivity index (χ0v) is 23.7. The molecule has 4 heterocycles. The van der Waals surface area contributed by atoms with E-state index >= 15 is 0 Å². The van der Waals surface area contributed by atoms with E-state index in [1.54, 1.807) is 30.5 Å². The fourth-order valence-corrected chi connectivity index (χ4v) is 6.20. The van der Waals surface area contributed by atoms with Crippen molar-refractivity contribution in [2.75, 3.05) is 75.3 Å². The predicted octanol–water partition coefficient (Wildman–Crippen LogP) is 5.21. The largest absolute Gasteiger partial charge is 0.494 e. The minimum absolute atomic E-state index is 0.277. The molecule has 0 aliphatic carbocycles. The Hall–Kier alpha value is -3.47. The second kappa shape index (κ2) is 12.2. The van der Waals surface area contributed by atoms with Crippen molar-refractivity contribution in [2.45, 2.75) is 31.3 Å². The normalized spacial score (nSPS) is 20.9. The summed E-state index contributed by atoms with van der Waals surface area (Å²) in [6.07, 6.45) is 4.56. The van der Waals surface area contributed by atoms with E-state index in [0.717, 1.165) is 62.5 Å². The predicted molar refractivity (Wildman–Crippen MR) is 157 cm³/mol. The van der Waals surface area contributed by atoms with Crippen LogP contribution < -0.4 is 20.0 Å². The summed E-state index contributed by atoms with van der Waals surface area (Å²) in [5, 5.41) is 5.00. The number of nitrogens with zero attached hydrogens (tertiary/aromatic N) is 5. The maximum Gasteiger partial charge on any atom is 0.164 e. The molecule has 41 heavy (non-hydrogen) atoms. The van der Waals surface area contributed by atoms with Crippen molar-refractivity contribution in [1.29, 1.82) is 0 Å². The molecule has 3 fully saturated rings. The Morgan fingerprint density at radius 2 is 1.73 bits per heavy atom. The third-order valence-corrected chi connectivity index (χ3v) is 8.57. The first-order valence-corrected chi connectivity index (χ1v) is 14.4. The van der Waals surface area contributed by atoms with Gasteiger partial charge in [-0.2, -0.15) is 0 Å². The summed E-state index contributed by atoms with van der Waals surface area (Å²) in [5.41, 5.74) is 2.92. The van der Waals surface area contributed by atoms with Gasteiger partial charge in [-0.1, -0.05) is 12.1 Å². The summed E-state index contributed by atoms with van der Waals surface area (Å²) in [6.45, 7) is 7.10. The van der Waals surface area contributed by atoms with Crippen LogP contribution in [0.4, 0.5) is 31.7 Å². The molecule has 0 bridgehead atoms. The molecule has 6 rings (SSSR count). The van der Waals surface area contributed by atoms with Crippen LogP contribution in [0, 0.1) is 11.6 Å². The van der Waals surface area contributed by atoms with Crippen LogP contribution in [0.5, 0.6) is 5.75 Å². The standard InChI is InChI=1S/C31H38F2N6O2/c1-36-15-17-38(18-16-36)22-9-13-37(14-10-22)23-6-7-27(29(20-23)40-2)35-30-21-24(8-12-34-30)39-28(11-19-41-39)25-4-3-5-26(32)31(25)33/h3-8,12,20-22,28H,9-11,13-19H2,1-2H3,(H,34,35)/t28-/m1/s1. The Morgan fingerprint density at radius 3 is 2.51 bits per heavy atom. The Kier molecular flexibility index (Phi) is 8.23. The monoisotopic (exact) mass is 564 g/mol. The lowest BCUT2D eigenvalue weighted by Gasteiger charge is -2.42. The van der Waals surface area contributed by atoms with Crippen molar-refractivity contribution in [2.24, 2.45) is 0 Å². The smallest absolute Gasteiger partial charge is 0.164 e. The lowest BCUT2D eigenvalue weighted by molar-refractivity contribution is 0.0982. The van der Waals surface area contributed by atoms with E-state index in [4.69, 9.17) is 9.57 Å². The third-order valence-electron chi connectivity index (χ3n) is 8.57. The number of piperazine rings is 1. The van der Waals surface area contributed by atoms with Gasteiger partial charge in [0.1, 0.15) is 11.6 Å². The number of hydrogen-bond acceptors (Lipinski definition) is 8. The van der Waals surface area contributed by atoms with E-state index < -0.39 is 17.7 Å². The molecule has 3 aliphatic heterocycles. The number of aromatic nitrogens is 1. The number of halogens is 2. The molecule has 0 spiro atoms. The number of ether oxygens (including phenoxy) is 1. The number of pyridine rings is 1. The van der Waals surface area contributed by atoms with Crippen molar-refractivity contribution < 1.29 is 18.4 Å². The van der Waals surface area contributed by atoms with Gasteiger partial charge in [0.25, 0.3) is 0 Å². The quantitative estimate of drug-likeness (QED) is 0.420. The molecule has 0 saturated carbocycles. The van der Waals surface area contributed by atoms with E-state index in [9.17, 15) is 8.78 Å². The first-order chi connectivity index (χ1) is 20.0. The number of rotatable bonds is 7. The Morgan fingerprint density at radius 1 is 0.927 bits per heavy atom. The van der Waals surface area contributed by atoms with Crippen molar-refractivity contribution in [3.05, 3.63) is 71.9 Å². The van der Waals surface area contributed by atoms with Crippen LogP contribution in [0.3, 0.4) is 0 Å². The van der Waals surface area contributed by atoms with Crippen LogP contribution in [-0.4, -0.2) is 80.9 Å². The van der Waals surface area contributed by atoms with Gasteiger partial charge in [-0.15, -0.1) is 0 Å². The van der Waals surface area contributed by atoms with E-state index in [-0.39, 0.29) is 5.56 Å². The zero-order valence-electron chi connectivity index (χ0n) is 23.7. The Bertz CT molecular complexity index is 1340. The number of piperidine rings is 1. The molecule has 1 atom stereocenters. The highest BCUT2D eigenvalue weighted by Gasteiger charge is 2.31. The fraction of sp³-hybridized carbons (Fsp3) is 0.452. The minimum Gasteiger partial charge on any atom is -0.494 e. The average molecular weight is 565 g/mol. The highest BCUT2D eigenvalue weighted by atomic mass is 19.2. The van der Waals surface area contributed by atoms with Crippen LogP contribution >= 0.6 is 0 Å². The van der Waals surface area contributed by atoms with E-state index in [1.807, 2.05) is 12.1 Å². The van der Waals surface area contributed by atoms with Crippen LogP contribution in [-0.2, 0) is 4.84 Å². The first-order valence-electron chi connectivity index (χ1n) is 14.4. The topological polar surface area (TPSA) is 56.3 Å². The van der Waals surface area contributed by atoms with E-state index in [0.29, 0.717) is 30.6 Å². The summed E-state index contributed by atoms with van der Waals surface area (Å²) >= 11 is 0. The van der Waals surface area contributed by atoms with Gasteiger partial charge in [0.05, 0.1) is 31.1 Å². The Labute approximate surface area is 240 Å². The van der Waals surface area contributed by atoms with Gasteiger partial charge >= 0.3 is 0 Å². The van der Waals surface area contributed by atoms with Gasteiger partial charge in [0, 0.05) is 81.3 Å². The van der Waals surface area contributed by atoms with Crippen LogP contribution in [0.2, 0.25) is 0 Å². The highest BCUT2D eigenvalue weighted by Crippen LogP contribution is 2.38. The van der Waals surface area contributed by atoms with Gasteiger partial charge in [0.15, 0.2) is 11.6 Å². The van der Waals surface area contributed by atoms with Crippen molar-refractivity contribution >= 4 is 22.9 Å². The van der Waals surface area contributed by atoms with E-state index in [2.05, 4.69) is 44.2 Å². The van der Waals surface area contributed by atoms with Crippen LogP contribution in [0.15, 0.2) is 54.7 Å². The molecule has 0 radical (unpaired) electrons. The number of hydrogen-bond donors (Lipinski definition) is 1. The number of anilines is 4. The summed E-state index contributed by atoms with van der Waals surface area (Å²) in [4.78, 5) is 17.8. The maximum atomic E-state index is 14.6. The highest BCUT2D eigenvalue weighted by molar-refractivity contribution is 5.70. The lowest BCUT2D eigenvalue weighted by Crippen LogP contribution is -2.52. The molecule has 0 unspecified atom stereocenters. The molecule has 218 valence electrons. The van der Waals surface area contributed by atoms with E-state index in [1.165, 1.54) is 18.9 Å². The minimum atomic E-state index is -0.860. The van der Waals surface area contributed by atoms with Crippen molar-refractivity contribution in [3.8, 4) is 5.75 Å². The lowest BCUT2D eigenvalue weighted by atomic mass is 10.0. The molecule has 3 saturated heterocycles. The van der Waals surface area contributed by atoms with Gasteiger partial charge in [-0.05, 0) is 44.2 Å². The molecule has 10 heteroatoms. The molecule has 1 aromatic heterocycles. The summed E-state index contributed by atoms with van der Waals surface area (Å²) in [7, 11) is 3.87. The molecule has 0 amide bonds. The van der Waals surface area contributed by atoms with Crippen LogP contribution in [0.1, 0.15) is 30.9 Å². The number of methoxy groups -OCH3 is 1. The van der Waals surface area contributed by atoms with Crippen molar-refractivity contribution in [1.82, 2.24) is 14.8 Å². The molecular weight excluding hydrogens is 526 g/mol. The Balaban J connectivity index is 1.13. The number of likely N-dealkylation sites (N-methyl/N-ethyl adjacent to an activating group) is 1. The molecule has 3 aromatic rings. The SMILES string of the molecule is COc1cc(N2CCC(N3CCN(C)CC3)CC2)ccc1Nc1cc(N2OCC[C@@H]2c2cccc(F)c2F)ccn1. The van der Waals surface area contributed by atoms with Crippen molar-refractivity contribution in [3.63, 3.8) is 0 Å². The summed E-state index contributed by atoms with van der Waals surface area (Å²) in [6, 6.07) is 14.3. The van der Waals surface area contributed by atoms with Gasteiger partial charge < -0.3 is 19.9 Å². The number of nitrogens with one attached hydrogen (secondary N) is 1. The molecule has 8 nitrogen and oxygen atoms in total. The van der Waals surface area contributed by atoms with Gasteiger partial charge in [0.2, 0.25) is 0 Å². The fourth-order valence-electron chi connectivity index (χ4n) is 6.20. The molecule has 2 aromatic carbocycles. The summed E-state index contributed by atoms with van der Waals surface area (Å²) in [5.74, 6) is -0.376. The van der Waals surface area contributed by atoms with Crippen LogP contribution in [0.25, 0.3) is 0 Å². The second-order valence-electron chi connectivity index (χ2n) is 11.1. The average Bonchev–Trinajstić information content (AvgIpc) is 3.49. The molecule has 1 N–H and O–H groups in total. The first kappa shape index (κ1) is 27.7. The second-order valence-corrected chi connectivity index (χ2v) is 11.1. The zero-order chi connectivity index (χ0) is 28.3. The maximum absolute atomic E-state index is 14.6. The van der Waals surface area contributed by atoms with Gasteiger partial charge in [-0.25, -0.2) is 18.8 Å².